The van der Waals surface area contributed by atoms with Crippen LogP contribution in [0, 0.1) is 11.8 Å². The van der Waals surface area contributed by atoms with E-state index in [0.717, 1.165) is 5.92 Å². The third-order valence-corrected chi connectivity index (χ3v) is 6.04. The summed E-state index contributed by atoms with van der Waals surface area (Å²) in [4.78, 5) is 0. The lowest BCUT2D eigenvalue weighted by Gasteiger charge is -2.26. The quantitative estimate of drug-likeness (QED) is 0.177. The van der Waals surface area contributed by atoms with Gasteiger partial charge in [-0.2, -0.15) is 0 Å². The van der Waals surface area contributed by atoms with Gasteiger partial charge in [-0.3, -0.25) is 0 Å². The molecular formula is C26H53. The van der Waals surface area contributed by atoms with E-state index in [4.69, 9.17) is 0 Å². The average molecular weight is 366 g/mol. The van der Waals surface area contributed by atoms with E-state index in [9.17, 15) is 0 Å². The molecule has 0 aliphatic rings. The Labute approximate surface area is 168 Å². The molecule has 0 N–H and O–H groups in total. The van der Waals surface area contributed by atoms with Crippen LogP contribution >= 0.6 is 0 Å². The van der Waals surface area contributed by atoms with Gasteiger partial charge < -0.3 is 0 Å². The zero-order valence-electron chi connectivity index (χ0n) is 19.2. The maximum absolute atomic E-state index is 2.37. The van der Waals surface area contributed by atoms with Crippen LogP contribution in [0.4, 0.5) is 0 Å². The first kappa shape index (κ1) is 26.0. The van der Waals surface area contributed by atoms with Crippen LogP contribution in [0.15, 0.2) is 0 Å². The lowest BCUT2D eigenvalue weighted by atomic mass is 9.79. The summed E-state index contributed by atoms with van der Waals surface area (Å²) in [5.41, 5.74) is 0. The van der Waals surface area contributed by atoms with Gasteiger partial charge in [-0.05, 0) is 31.1 Å². The summed E-state index contributed by atoms with van der Waals surface area (Å²) in [5.74, 6) is 2.86. The summed E-state index contributed by atoms with van der Waals surface area (Å²) < 4.78 is 0. The van der Waals surface area contributed by atoms with Crippen LogP contribution in [0.3, 0.4) is 0 Å². The highest BCUT2D eigenvalue weighted by Gasteiger charge is 2.19. The molecule has 0 aliphatic carbocycles. The highest BCUT2D eigenvalue weighted by molar-refractivity contribution is 4.95. The maximum atomic E-state index is 2.37. The molecule has 0 amide bonds. The number of rotatable bonds is 21. The van der Waals surface area contributed by atoms with Gasteiger partial charge in [-0.25, -0.2) is 0 Å². The topological polar surface area (TPSA) is 0 Å². The van der Waals surface area contributed by atoms with E-state index in [1.165, 1.54) is 128 Å². The van der Waals surface area contributed by atoms with E-state index < -0.39 is 0 Å². The summed E-state index contributed by atoms with van der Waals surface area (Å²) in [6.45, 7) is 9.37. The predicted molar refractivity (Wildman–Crippen MR) is 122 cm³/mol. The van der Waals surface area contributed by atoms with Gasteiger partial charge in [0.25, 0.3) is 0 Å². The molecule has 1 unspecified atom stereocenters. The molecule has 0 saturated heterocycles. The van der Waals surface area contributed by atoms with E-state index in [1.807, 2.05) is 5.92 Å². The molecule has 0 aromatic rings. The lowest BCUT2D eigenvalue weighted by Crippen LogP contribution is -2.13. The molecule has 0 aromatic carbocycles. The van der Waals surface area contributed by atoms with Crippen LogP contribution in [0.25, 0.3) is 0 Å². The Morgan fingerprint density at radius 1 is 0.423 bits per heavy atom. The SMILES string of the molecule is CCCCCCCCCCCCCCC(CCC)[C](CCC)CCCC. The summed E-state index contributed by atoms with van der Waals surface area (Å²) in [6, 6.07) is 0. The van der Waals surface area contributed by atoms with Gasteiger partial charge in [0.05, 0.1) is 0 Å². The van der Waals surface area contributed by atoms with Crippen molar-refractivity contribution in [2.24, 2.45) is 5.92 Å². The Kier molecular flexibility index (Phi) is 21.3. The zero-order valence-corrected chi connectivity index (χ0v) is 19.2. The van der Waals surface area contributed by atoms with Crippen molar-refractivity contribution in [1.29, 1.82) is 0 Å². The largest absolute Gasteiger partial charge is 0.0654 e. The van der Waals surface area contributed by atoms with Gasteiger partial charge in [0.2, 0.25) is 0 Å². The van der Waals surface area contributed by atoms with Crippen LogP contribution in [0.2, 0.25) is 0 Å². The smallest absolute Gasteiger partial charge is 0.0210 e. The van der Waals surface area contributed by atoms with E-state index in [-0.39, 0.29) is 0 Å². The predicted octanol–water partition coefficient (Wildman–Crippen LogP) is 10.1. The molecular weight excluding hydrogens is 312 g/mol. The minimum absolute atomic E-state index is 0.939. The molecule has 0 aliphatic heterocycles. The fourth-order valence-electron chi connectivity index (χ4n) is 4.39. The Balaban J connectivity index is 3.69. The van der Waals surface area contributed by atoms with Gasteiger partial charge in [0.15, 0.2) is 0 Å². The molecule has 0 saturated carbocycles. The van der Waals surface area contributed by atoms with Crippen molar-refractivity contribution in [3.05, 3.63) is 5.92 Å². The number of hydrogen-bond donors (Lipinski definition) is 0. The molecule has 0 nitrogen and oxygen atoms in total. The van der Waals surface area contributed by atoms with Crippen LogP contribution in [0.5, 0.6) is 0 Å². The highest BCUT2D eigenvalue weighted by atomic mass is 14.2. The van der Waals surface area contributed by atoms with Gasteiger partial charge in [-0.1, -0.05) is 137 Å². The first-order valence-corrected chi connectivity index (χ1v) is 12.6. The molecule has 0 aromatic heterocycles. The van der Waals surface area contributed by atoms with Crippen LogP contribution in [-0.2, 0) is 0 Å². The molecule has 26 heavy (non-hydrogen) atoms. The molecule has 0 bridgehead atoms. The van der Waals surface area contributed by atoms with E-state index in [0.29, 0.717) is 0 Å². The molecule has 0 rings (SSSR count). The summed E-state index contributed by atoms with van der Waals surface area (Å²) in [7, 11) is 0. The van der Waals surface area contributed by atoms with Crippen molar-refractivity contribution >= 4 is 0 Å². The Morgan fingerprint density at radius 3 is 1.38 bits per heavy atom. The van der Waals surface area contributed by atoms with Gasteiger partial charge in [0.1, 0.15) is 0 Å². The van der Waals surface area contributed by atoms with Crippen molar-refractivity contribution in [3.63, 3.8) is 0 Å². The second-order valence-electron chi connectivity index (χ2n) is 8.68. The standard InChI is InChI=1S/C26H53/c1-5-9-11-12-13-14-15-16-17-18-19-20-24-26(22-8-4)25(21-7-3)23-10-6-2/h26H,5-24H2,1-4H3. The Hall–Kier alpha value is 0. The minimum atomic E-state index is 0.939. The van der Waals surface area contributed by atoms with E-state index in [2.05, 4.69) is 27.7 Å². The maximum Gasteiger partial charge on any atom is -0.0210 e. The van der Waals surface area contributed by atoms with Crippen molar-refractivity contribution in [3.8, 4) is 0 Å². The molecule has 1 radical (unpaired) electrons. The molecule has 0 spiro atoms. The van der Waals surface area contributed by atoms with Gasteiger partial charge in [0, 0.05) is 0 Å². The summed E-state index contributed by atoms with van der Waals surface area (Å²) >= 11 is 0. The molecule has 157 valence electrons. The first-order chi connectivity index (χ1) is 12.8. The highest BCUT2D eigenvalue weighted by Crippen LogP contribution is 2.33. The Bertz CT molecular complexity index is 244. The second-order valence-corrected chi connectivity index (χ2v) is 8.68. The zero-order chi connectivity index (χ0) is 19.3. The number of hydrogen-bond acceptors (Lipinski definition) is 0. The van der Waals surface area contributed by atoms with E-state index >= 15 is 0 Å². The third-order valence-electron chi connectivity index (χ3n) is 6.04. The molecule has 1 atom stereocenters. The van der Waals surface area contributed by atoms with Crippen LogP contribution in [-0.4, -0.2) is 0 Å². The summed E-state index contributed by atoms with van der Waals surface area (Å²) in [6.07, 6.45) is 28.8. The molecule has 0 heterocycles. The van der Waals surface area contributed by atoms with Crippen molar-refractivity contribution in [2.45, 2.75) is 156 Å². The van der Waals surface area contributed by atoms with Crippen LogP contribution < -0.4 is 0 Å². The normalized spacial score (nSPS) is 12.8. The lowest BCUT2D eigenvalue weighted by molar-refractivity contribution is 0.390. The number of unbranched alkanes of at least 4 members (excludes halogenated alkanes) is 12. The van der Waals surface area contributed by atoms with Gasteiger partial charge >= 0.3 is 0 Å². The summed E-state index contributed by atoms with van der Waals surface area (Å²) in [5, 5.41) is 0. The fourth-order valence-corrected chi connectivity index (χ4v) is 4.39. The monoisotopic (exact) mass is 365 g/mol. The second kappa shape index (κ2) is 21.3. The van der Waals surface area contributed by atoms with Crippen molar-refractivity contribution in [2.75, 3.05) is 0 Å². The first-order valence-electron chi connectivity index (χ1n) is 12.6. The van der Waals surface area contributed by atoms with Crippen molar-refractivity contribution in [1.82, 2.24) is 0 Å². The fraction of sp³-hybridized carbons (Fsp3) is 0.962. The third kappa shape index (κ3) is 16.2. The minimum Gasteiger partial charge on any atom is -0.0654 e. The van der Waals surface area contributed by atoms with Crippen LogP contribution in [0.1, 0.15) is 156 Å². The van der Waals surface area contributed by atoms with E-state index in [1.54, 1.807) is 0 Å². The molecule has 0 fully saturated rings. The van der Waals surface area contributed by atoms with Gasteiger partial charge in [-0.15, -0.1) is 0 Å². The Morgan fingerprint density at radius 2 is 0.923 bits per heavy atom. The van der Waals surface area contributed by atoms with Crippen molar-refractivity contribution < 1.29 is 0 Å². The average Bonchev–Trinajstić information content (AvgIpc) is 2.65. The molecule has 0 heteroatoms.